The Morgan fingerprint density at radius 3 is 2.82 bits per heavy atom. The first-order valence-corrected chi connectivity index (χ1v) is 5.61. The van der Waals surface area contributed by atoms with Gasteiger partial charge in [0.05, 0.1) is 16.9 Å². The smallest absolute Gasteiger partial charge is 0.139 e. The summed E-state index contributed by atoms with van der Waals surface area (Å²) in [5.41, 5.74) is 5.30. The van der Waals surface area contributed by atoms with E-state index in [1.807, 2.05) is 18.7 Å². The fraction of sp³-hybridized carbons (Fsp3) is 0.167. The summed E-state index contributed by atoms with van der Waals surface area (Å²) in [5.74, 6) is 0. The summed E-state index contributed by atoms with van der Waals surface area (Å²) in [6.07, 6.45) is 0. The van der Waals surface area contributed by atoms with Gasteiger partial charge in [-0.05, 0) is 19.1 Å². The van der Waals surface area contributed by atoms with Gasteiger partial charge >= 0.3 is 0 Å². The van der Waals surface area contributed by atoms with Crippen molar-refractivity contribution in [2.75, 3.05) is 0 Å². The van der Waals surface area contributed by atoms with Crippen LogP contribution in [-0.4, -0.2) is 27.8 Å². The maximum Gasteiger partial charge on any atom is 0.139 e. The standard InChI is InChI=1S/C12H13BN4/c1-7-5-11(17(2)16-7)12-9-4-3-8(13)6-10(9)14-15-12/h3-6H,13H2,1-2H3,(H,14,15). The molecule has 0 amide bonds. The van der Waals surface area contributed by atoms with Crippen molar-refractivity contribution in [2.24, 2.45) is 7.05 Å². The van der Waals surface area contributed by atoms with E-state index in [9.17, 15) is 0 Å². The average molecular weight is 224 g/mol. The van der Waals surface area contributed by atoms with Gasteiger partial charge in [-0.2, -0.15) is 10.2 Å². The number of nitrogens with one attached hydrogen (secondary N) is 1. The van der Waals surface area contributed by atoms with E-state index in [0.29, 0.717) is 0 Å². The molecule has 17 heavy (non-hydrogen) atoms. The number of hydrogen-bond acceptors (Lipinski definition) is 2. The molecule has 0 unspecified atom stereocenters. The summed E-state index contributed by atoms with van der Waals surface area (Å²) in [7, 11) is 4.02. The second kappa shape index (κ2) is 3.48. The first-order chi connectivity index (χ1) is 8.15. The Bertz CT molecular complexity index is 696. The van der Waals surface area contributed by atoms with Crippen molar-refractivity contribution in [3.05, 3.63) is 30.0 Å². The molecule has 2 aromatic heterocycles. The van der Waals surface area contributed by atoms with E-state index in [1.54, 1.807) is 0 Å². The monoisotopic (exact) mass is 224 g/mol. The zero-order valence-electron chi connectivity index (χ0n) is 10.2. The normalized spacial score (nSPS) is 11.2. The maximum atomic E-state index is 4.39. The van der Waals surface area contributed by atoms with Crippen LogP contribution in [0.5, 0.6) is 0 Å². The molecule has 0 saturated heterocycles. The van der Waals surface area contributed by atoms with Crippen LogP contribution in [0.4, 0.5) is 0 Å². The second-order valence-corrected chi connectivity index (χ2v) is 4.42. The molecule has 0 spiro atoms. The number of fused-ring (bicyclic) bond motifs is 1. The van der Waals surface area contributed by atoms with Gasteiger partial charge in [-0.15, -0.1) is 0 Å². The van der Waals surface area contributed by atoms with Gasteiger partial charge in [-0.25, -0.2) is 0 Å². The predicted molar refractivity (Wildman–Crippen MR) is 71.2 cm³/mol. The number of nitrogens with zero attached hydrogens (tertiary/aromatic N) is 3. The van der Waals surface area contributed by atoms with Crippen LogP contribution in [0.2, 0.25) is 0 Å². The molecule has 5 heteroatoms. The third-order valence-electron chi connectivity index (χ3n) is 2.96. The molecule has 0 aliphatic heterocycles. The van der Waals surface area contributed by atoms with Crippen molar-refractivity contribution in [2.45, 2.75) is 6.92 Å². The Morgan fingerprint density at radius 1 is 1.29 bits per heavy atom. The Labute approximate surface area is 100 Å². The first kappa shape index (κ1) is 10.1. The molecule has 4 nitrogen and oxygen atoms in total. The largest absolute Gasteiger partial charge is 0.277 e. The SMILES string of the molecule is Bc1ccc2c(-c3cc(C)nn3C)n[nH]c2c1. The molecule has 0 saturated carbocycles. The highest BCUT2D eigenvalue weighted by molar-refractivity contribution is 6.33. The molecular weight excluding hydrogens is 211 g/mol. The molecule has 0 aliphatic rings. The highest BCUT2D eigenvalue weighted by Gasteiger charge is 2.12. The first-order valence-electron chi connectivity index (χ1n) is 5.61. The number of H-pyrrole nitrogens is 1. The molecule has 3 rings (SSSR count). The maximum absolute atomic E-state index is 4.39. The molecule has 0 aliphatic carbocycles. The third-order valence-corrected chi connectivity index (χ3v) is 2.96. The summed E-state index contributed by atoms with van der Waals surface area (Å²) in [4.78, 5) is 0. The average Bonchev–Trinajstić information content (AvgIpc) is 2.81. The van der Waals surface area contributed by atoms with Crippen molar-refractivity contribution in [1.82, 2.24) is 20.0 Å². The predicted octanol–water partition coefficient (Wildman–Crippen LogP) is 0.530. The van der Waals surface area contributed by atoms with Crippen LogP contribution in [0.15, 0.2) is 24.3 Å². The van der Waals surface area contributed by atoms with Crippen LogP contribution in [-0.2, 0) is 7.05 Å². The highest BCUT2D eigenvalue weighted by Crippen LogP contribution is 2.25. The van der Waals surface area contributed by atoms with E-state index in [-0.39, 0.29) is 0 Å². The van der Waals surface area contributed by atoms with Crippen LogP contribution < -0.4 is 5.46 Å². The van der Waals surface area contributed by atoms with Gasteiger partial charge in [-0.3, -0.25) is 9.78 Å². The number of aromatic amines is 1. The topological polar surface area (TPSA) is 46.5 Å². The highest BCUT2D eigenvalue weighted by atomic mass is 15.3. The Balaban J connectivity index is 2.28. The lowest BCUT2D eigenvalue weighted by Gasteiger charge is -1.98. The number of rotatable bonds is 1. The van der Waals surface area contributed by atoms with Crippen molar-refractivity contribution < 1.29 is 0 Å². The molecular formula is C12H13BN4. The van der Waals surface area contributed by atoms with Gasteiger partial charge in [0.2, 0.25) is 0 Å². The van der Waals surface area contributed by atoms with E-state index < -0.39 is 0 Å². The van der Waals surface area contributed by atoms with E-state index in [0.717, 1.165) is 28.0 Å². The fourth-order valence-electron chi connectivity index (χ4n) is 2.16. The Morgan fingerprint density at radius 2 is 2.12 bits per heavy atom. The molecule has 3 aromatic rings. The number of aromatic nitrogens is 4. The minimum atomic E-state index is 0.961. The number of hydrogen-bond donors (Lipinski definition) is 1. The van der Waals surface area contributed by atoms with E-state index in [1.165, 1.54) is 5.46 Å². The van der Waals surface area contributed by atoms with Crippen molar-refractivity contribution in [1.29, 1.82) is 0 Å². The zero-order valence-corrected chi connectivity index (χ0v) is 10.2. The second-order valence-electron chi connectivity index (χ2n) is 4.42. The summed E-state index contributed by atoms with van der Waals surface area (Å²) < 4.78 is 1.87. The van der Waals surface area contributed by atoms with Gasteiger partial charge < -0.3 is 0 Å². The summed E-state index contributed by atoms with van der Waals surface area (Å²) >= 11 is 0. The minimum absolute atomic E-state index is 0.961. The van der Waals surface area contributed by atoms with Crippen LogP contribution in [0, 0.1) is 6.92 Å². The molecule has 0 atom stereocenters. The van der Waals surface area contributed by atoms with Gasteiger partial charge in [0.25, 0.3) is 0 Å². The lowest BCUT2D eigenvalue weighted by Crippen LogP contribution is -1.99. The third kappa shape index (κ3) is 1.55. The van der Waals surface area contributed by atoms with Gasteiger partial charge in [0, 0.05) is 12.4 Å². The summed E-state index contributed by atoms with van der Waals surface area (Å²) in [5, 5.41) is 13.0. The summed E-state index contributed by atoms with van der Waals surface area (Å²) in [6.45, 7) is 1.99. The Kier molecular flexibility index (Phi) is 2.08. The van der Waals surface area contributed by atoms with Gasteiger partial charge in [0.15, 0.2) is 0 Å². The van der Waals surface area contributed by atoms with Crippen LogP contribution in [0.3, 0.4) is 0 Å². The quantitative estimate of drug-likeness (QED) is 0.613. The number of benzene rings is 1. The minimum Gasteiger partial charge on any atom is -0.277 e. The van der Waals surface area contributed by atoms with Crippen molar-refractivity contribution in [3.8, 4) is 11.4 Å². The Hall–Kier alpha value is -2.04. The molecule has 0 radical (unpaired) electrons. The zero-order chi connectivity index (χ0) is 12.0. The molecule has 2 heterocycles. The summed E-state index contributed by atoms with van der Waals surface area (Å²) in [6, 6.07) is 8.36. The lowest BCUT2D eigenvalue weighted by atomic mass is 9.95. The van der Waals surface area contributed by atoms with Gasteiger partial charge in [0.1, 0.15) is 13.5 Å². The molecule has 1 aromatic carbocycles. The van der Waals surface area contributed by atoms with E-state index in [2.05, 4.69) is 47.4 Å². The van der Waals surface area contributed by atoms with Crippen LogP contribution in [0.1, 0.15) is 5.69 Å². The van der Waals surface area contributed by atoms with Crippen LogP contribution >= 0.6 is 0 Å². The molecule has 0 fully saturated rings. The molecule has 0 bridgehead atoms. The van der Waals surface area contributed by atoms with E-state index >= 15 is 0 Å². The van der Waals surface area contributed by atoms with Crippen molar-refractivity contribution >= 4 is 24.2 Å². The van der Waals surface area contributed by atoms with Gasteiger partial charge in [-0.1, -0.05) is 17.6 Å². The van der Waals surface area contributed by atoms with E-state index in [4.69, 9.17) is 0 Å². The van der Waals surface area contributed by atoms with Crippen LogP contribution in [0.25, 0.3) is 22.3 Å². The fourth-order valence-corrected chi connectivity index (χ4v) is 2.16. The number of aryl methyl sites for hydroxylation is 2. The molecule has 84 valence electrons. The lowest BCUT2D eigenvalue weighted by molar-refractivity contribution is 0.762. The van der Waals surface area contributed by atoms with Crippen molar-refractivity contribution in [3.63, 3.8) is 0 Å². The molecule has 1 N–H and O–H groups in total.